The molecule has 0 fully saturated rings. The van der Waals surface area contributed by atoms with Crippen LogP contribution in [-0.2, 0) is 0 Å². The molecule has 0 amide bonds. The minimum Gasteiger partial charge on any atom is -0.320 e. The summed E-state index contributed by atoms with van der Waals surface area (Å²) in [7, 11) is 0. The lowest BCUT2D eigenvalue weighted by molar-refractivity contribution is 0.870. The van der Waals surface area contributed by atoms with Crippen LogP contribution >= 0.6 is 15.9 Å². The molecule has 1 atom stereocenters. The van der Waals surface area contributed by atoms with Gasteiger partial charge in [0.25, 0.3) is 0 Å². The molecule has 0 aliphatic heterocycles. The zero-order chi connectivity index (χ0) is 13.2. The van der Waals surface area contributed by atoms with Gasteiger partial charge in [-0.25, -0.2) is 0 Å². The highest BCUT2D eigenvalue weighted by molar-refractivity contribution is 9.10. The van der Waals surface area contributed by atoms with E-state index in [0.29, 0.717) is 0 Å². The van der Waals surface area contributed by atoms with Gasteiger partial charge in [-0.2, -0.15) is 0 Å². The summed E-state index contributed by atoms with van der Waals surface area (Å²) in [6.45, 7) is 0. The zero-order valence-corrected chi connectivity index (χ0v) is 11.7. The van der Waals surface area contributed by atoms with Crippen molar-refractivity contribution in [1.29, 1.82) is 0 Å². The molecule has 2 N–H and O–H groups in total. The van der Waals surface area contributed by atoms with Crippen LogP contribution in [0.2, 0.25) is 0 Å². The summed E-state index contributed by atoms with van der Waals surface area (Å²) >= 11 is 3.42. The van der Waals surface area contributed by atoms with E-state index in [2.05, 4.69) is 25.9 Å². The minimum atomic E-state index is -0.210. The Morgan fingerprint density at radius 3 is 2.84 bits per heavy atom. The van der Waals surface area contributed by atoms with Crippen LogP contribution in [0, 0.1) is 0 Å². The standard InChI is InChI=1S/C15H12BrN3/c16-11-7-10(8-18-9-11)15(17)13-3-1-5-14-12(13)4-2-6-19-14/h1-9,15H,17H2. The van der Waals surface area contributed by atoms with Crippen LogP contribution in [-0.4, -0.2) is 9.97 Å². The van der Waals surface area contributed by atoms with Gasteiger partial charge in [0.2, 0.25) is 0 Å². The van der Waals surface area contributed by atoms with Crippen molar-refractivity contribution in [1.82, 2.24) is 9.97 Å². The van der Waals surface area contributed by atoms with Crippen molar-refractivity contribution in [3.63, 3.8) is 0 Å². The van der Waals surface area contributed by atoms with Gasteiger partial charge < -0.3 is 5.73 Å². The average molecular weight is 314 g/mol. The number of fused-ring (bicyclic) bond motifs is 1. The topological polar surface area (TPSA) is 51.8 Å². The summed E-state index contributed by atoms with van der Waals surface area (Å²) in [6.07, 6.45) is 5.34. The average Bonchev–Trinajstić information content (AvgIpc) is 2.46. The van der Waals surface area contributed by atoms with Gasteiger partial charge in [0.15, 0.2) is 0 Å². The molecule has 2 heterocycles. The van der Waals surface area contributed by atoms with Gasteiger partial charge in [-0.1, -0.05) is 18.2 Å². The van der Waals surface area contributed by atoms with Gasteiger partial charge in [-0.3, -0.25) is 9.97 Å². The predicted molar refractivity (Wildman–Crippen MR) is 79.7 cm³/mol. The van der Waals surface area contributed by atoms with Crippen LogP contribution in [0.1, 0.15) is 17.2 Å². The fourth-order valence-electron chi connectivity index (χ4n) is 2.18. The van der Waals surface area contributed by atoms with E-state index in [0.717, 1.165) is 26.5 Å². The van der Waals surface area contributed by atoms with Crippen LogP contribution in [0.5, 0.6) is 0 Å². The Kier molecular flexibility index (Phi) is 3.27. The van der Waals surface area contributed by atoms with Crippen LogP contribution in [0.4, 0.5) is 0 Å². The summed E-state index contributed by atoms with van der Waals surface area (Å²) < 4.78 is 0.929. The molecule has 0 aliphatic rings. The molecule has 1 aromatic carbocycles. The second kappa shape index (κ2) is 5.07. The monoisotopic (exact) mass is 313 g/mol. The van der Waals surface area contributed by atoms with E-state index in [9.17, 15) is 0 Å². The predicted octanol–water partition coefficient (Wildman–Crippen LogP) is 3.44. The van der Waals surface area contributed by atoms with E-state index >= 15 is 0 Å². The van der Waals surface area contributed by atoms with E-state index in [1.165, 1.54) is 0 Å². The summed E-state index contributed by atoms with van der Waals surface area (Å²) in [6, 6.07) is 11.8. The number of hydrogen-bond donors (Lipinski definition) is 1. The first-order valence-corrected chi connectivity index (χ1v) is 6.74. The number of aromatic nitrogens is 2. The molecule has 3 rings (SSSR count). The molecule has 0 radical (unpaired) electrons. The third kappa shape index (κ3) is 2.37. The summed E-state index contributed by atoms with van der Waals surface area (Å²) in [4.78, 5) is 8.52. The van der Waals surface area contributed by atoms with Crippen molar-refractivity contribution in [3.05, 3.63) is 70.6 Å². The Morgan fingerprint density at radius 2 is 2.00 bits per heavy atom. The lowest BCUT2D eigenvalue weighted by Gasteiger charge is -2.14. The number of benzene rings is 1. The molecule has 94 valence electrons. The Morgan fingerprint density at radius 1 is 1.11 bits per heavy atom. The number of rotatable bonds is 2. The van der Waals surface area contributed by atoms with Crippen molar-refractivity contribution in [2.24, 2.45) is 5.73 Å². The maximum Gasteiger partial charge on any atom is 0.0705 e. The highest BCUT2D eigenvalue weighted by atomic mass is 79.9. The fraction of sp³-hybridized carbons (Fsp3) is 0.0667. The Labute approximate surface area is 119 Å². The first-order valence-electron chi connectivity index (χ1n) is 5.95. The third-order valence-electron chi connectivity index (χ3n) is 3.10. The number of pyridine rings is 2. The molecule has 19 heavy (non-hydrogen) atoms. The molecule has 0 saturated heterocycles. The molecular formula is C15H12BrN3. The van der Waals surface area contributed by atoms with Crippen molar-refractivity contribution < 1.29 is 0 Å². The Hall–Kier alpha value is -1.78. The SMILES string of the molecule is NC(c1cncc(Br)c1)c1cccc2ncccc12. The molecule has 2 aromatic heterocycles. The normalized spacial score (nSPS) is 12.5. The number of nitrogens with two attached hydrogens (primary N) is 1. The maximum atomic E-state index is 6.36. The lowest BCUT2D eigenvalue weighted by Crippen LogP contribution is -2.12. The lowest BCUT2D eigenvalue weighted by atomic mass is 9.97. The van der Waals surface area contributed by atoms with Crippen LogP contribution in [0.25, 0.3) is 10.9 Å². The summed E-state index contributed by atoms with van der Waals surface area (Å²) in [5.41, 5.74) is 9.36. The smallest absolute Gasteiger partial charge is 0.0705 e. The molecule has 4 heteroatoms. The van der Waals surface area contributed by atoms with Gasteiger partial charge in [0.05, 0.1) is 11.6 Å². The Bertz CT molecular complexity index is 722. The first-order chi connectivity index (χ1) is 9.25. The quantitative estimate of drug-likeness (QED) is 0.788. The second-order valence-electron chi connectivity index (χ2n) is 4.33. The highest BCUT2D eigenvalue weighted by Crippen LogP contribution is 2.27. The zero-order valence-electron chi connectivity index (χ0n) is 10.1. The molecule has 3 aromatic rings. The molecule has 0 saturated carbocycles. The van der Waals surface area contributed by atoms with Crippen LogP contribution in [0.15, 0.2) is 59.5 Å². The largest absolute Gasteiger partial charge is 0.320 e. The van der Waals surface area contributed by atoms with Crippen LogP contribution in [0.3, 0.4) is 0 Å². The summed E-state index contributed by atoms with van der Waals surface area (Å²) in [5.74, 6) is 0. The molecule has 1 unspecified atom stereocenters. The molecular weight excluding hydrogens is 302 g/mol. The second-order valence-corrected chi connectivity index (χ2v) is 5.25. The van der Waals surface area contributed by atoms with E-state index in [1.54, 1.807) is 18.6 Å². The highest BCUT2D eigenvalue weighted by Gasteiger charge is 2.12. The first kappa shape index (κ1) is 12.3. The maximum absolute atomic E-state index is 6.36. The van der Waals surface area contributed by atoms with Crippen LogP contribution < -0.4 is 5.73 Å². The number of nitrogens with zero attached hydrogens (tertiary/aromatic N) is 2. The van der Waals surface area contributed by atoms with Gasteiger partial charge in [0.1, 0.15) is 0 Å². The number of halogens is 1. The van der Waals surface area contributed by atoms with E-state index in [1.807, 2.05) is 36.4 Å². The van der Waals surface area contributed by atoms with E-state index in [4.69, 9.17) is 5.73 Å². The fourth-order valence-corrected chi connectivity index (χ4v) is 2.56. The Balaban J connectivity index is 2.14. The van der Waals surface area contributed by atoms with Crippen molar-refractivity contribution in [2.75, 3.05) is 0 Å². The number of hydrogen-bond acceptors (Lipinski definition) is 3. The van der Waals surface area contributed by atoms with Gasteiger partial charge in [-0.05, 0) is 45.3 Å². The molecule has 0 bridgehead atoms. The summed E-state index contributed by atoms with van der Waals surface area (Å²) in [5, 5.41) is 1.08. The van der Waals surface area contributed by atoms with Gasteiger partial charge >= 0.3 is 0 Å². The van der Waals surface area contributed by atoms with E-state index < -0.39 is 0 Å². The third-order valence-corrected chi connectivity index (χ3v) is 3.53. The minimum absolute atomic E-state index is 0.210. The molecule has 0 spiro atoms. The van der Waals surface area contributed by atoms with E-state index in [-0.39, 0.29) is 6.04 Å². The van der Waals surface area contributed by atoms with Gasteiger partial charge in [0, 0.05) is 28.4 Å². The molecule has 3 nitrogen and oxygen atoms in total. The van der Waals surface area contributed by atoms with Crippen molar-refractivity contribution >= 4 is 26.8 Å². The van der Waals surface area contributed by atoms with Crippen molar-refractivity contribution in [3.8, 4) is 0 Å². The van der Waals surface area contributed by atoms with Crippen molar-refractivity contribution in [2.45, 2.75) is 6.04 Å². The van der Waals surface area contributed by atoms with Gasteiger partial charge in [-0.15, -0.1) is 0 Å². The molecule has 0 aliphatic carbocycles.